The van der Waals surface area contributed by atoms with Gasteiger partial charge in [0.25, 0.3) is 0 Å². The van der Waals surface area contributed by atoms with Crippen LogP contribution in [0.4, 0.5) is 0 Å². The molecule has 0 amide bonds. The highest BCUT2D eigenvalue weighted by molar-refractivity contribution is 7.98. The van der Waals surface area contributed by atoms with Crippen molar-refractivity contribution in [3.05, 3.63) is 46.1 Å². The molecule has 1 heterocycles. The second-order valence-electron chi connectivity index (χ2n) is 4.83. The first kappa shape index (κ1) is 13.9. The third kappa shape index (κ3) is 3.07. The first-order chi connectivity index (χ1) is 9.01. The zero-order valence-corrected chi connectivity index (χ0v) is 12.5. The van der Waals surface area contributed by atoms with E-state index in [4.69, 9.17) is 0 Å². The number of aromatic nitrogens is 2. The molecular formula is C15H18N2OS. The first-order valence-corrected chi connectivity index (χ1v) is 7.18. The van der Waals surface area contributed by atoms with Crippen LogP contribution in [0.15, 0.2) is 23.2 Å². The van der Waals surface area contributed by atoms with Crippen LogP contribution < -0.4 is 0 Å². The Balaban J connectivity index is 2.21. The highest BCUT2D eigenvalue weighted by Crippen LogP contribution is 2.27. The molecule has 0 bridgehead atoms. The highest BCUT2D eigenvalue weighted by atomic mass is 32.2. The molecule has 0 atom stereocenters. The molecule has 0 radical (unpaired) electrons. The van der Waals surface area contributed by atoms with Crippen LogP contribution in [-0.4, -0.2) is 16.1 Å². The Kier molecular flexibility index (Phi) is 4.10. The number of rotatable bonds is 4. The van der Waals surface area contributed by atoms with Crippen molar-refractivity contribution in [2.45, 2.75) is 31.6 Å². The summed E-state index contributed by atoms with van der Waals surface area (Å²) in [5.74, 6) is 0.850. The normalized spacial score (nSPS) is 10.7. The van der Waals surface area contributed by atoms with Crippen molar-refractivity contribution >= 4 is 18.0 Å². The molecule has 0 aliphatic rings. The molecule has 0 aliphatic heterocycles. The number of hydrogen-bond acceptors (Lipinski definition) is 3. The predicted octanol–water partition coefficient (Wildman–Crippen LogP) is 3.45. The van der Waals surface area contributed by atoms with Gasteiger partial charge in [0, 0.05) is 12.8 Å². The van der Waals surface area contributed by atoms with Gasteiger partial charge < -0.3 is 0 Å². The lowest BCUT2D eigenvalue weighted by molar-refractivity contribution is 0.112. The topological polar surface area (TPSA) is 34.9 Å². The van der Waals surface area contributed by atoms with E-state index in [2.05, 4.69) is 37.1 Å². The van der Waals surface area contributed by atoms with Crippen molar-refractivity contribution in [2.24, 2.45) is 7.05 Å². The lowest BCUT2D eigenvalue weighted by atomic mass is 10.1. The van der Waals surface area contributed by atoms with Gasteiger partial charge in [0.1, 0.15) is 5.03 Å². The third-order valence-electron chi connectivity index (χ3n) is 2.99. The zero-order chi connectivity index (χ0) is 14.0. The van der Waals surface area contributed by atoms with Gasteiger partial charge in [0.05, 0.1) is 11.3 Å². The molecule has 19 heavy (non-hydrogen) atoms. The fourth-order valence-corrected chi connectivity index (χ4v) is 3.31. The maximum absolute atomic E-state index is 11.1. The molecule has 1 aromatic heterocycles. The van der Waals surface area contributed by atoms with E-state index in [0.29, 0.717) is 5.56 Å². The van der Waals surface area contributed by atoms with Gasteiger partial charge in [-0.15, -0.1) is 11.8 Å². The summed E-state index contributed by atoms with van der Waals surface area (Å²) < 4.78 is 1.78. The summed E-state index contributed by atoms with van der Waals surface area (Å²) in [6.07, 6.45) is 0.895. The summed E-state index contributed by atoms with van der Waals surface area (Å²) in [5, 5.41) is 5.23. The molecule has 2 aromatic rings. The monoisotopic (exact) mass is 274 g/mol. The standard InChI is InChI=1S/C15H18N2OS/c1-10-5-11(2)7-13(6-10)9-19-15-14(8-18)12(3)16-17(15)4/h5-8H,9H2,1-4H3. The van der Waals surface area contributed by atoms with E-state index < -0.39 is 0 Å². The Morgan fingerprint density at radius 2 is 1.84 bits per heavy atom. The summed E-state index contributed by atoms with van der Waals surface area (Å²) in [6, 6.07) is 6.53. The van der Waals surface area contributed by atoms with Gasteiger partial charge >= 0.3 is 0 Å². The highest BCUT2D eigenvalue weighted by Gasteiger charge is 2.13. The summed E-state index contributed by atoms with van der Waals surface area (Å²) >= 11 is 1.66. The molecule has 1 aromatic carbocycles. The molecule has 0 saturated carbocycles. The first-order valence-electron chi connectivity index (χ1n) is 6.20. The number of benzene rings is 1. The van der Waals surface area contributed by atoms with E-state index >= 15 is 0 Å². The summed E-state index contributed by atoms with van der Waals surface area (Å²) in [4.78, 5) is 11.1. The van der Waals surface area contributed by atoms with Gasteiger partial charge in [-0.25, -0.2) is 0 Å². The fourth-order valence-electron chi connectivity index (χ4n) is 2.26. The van der Waals surface area contributed by atoms with Gasteiger partial charge in [-0.3, -0.25) is 9.48 Å². The fraction of sp³-hybridized carbons (Fsp3) is 0.333. The van der Waals surface area contributed by atoms with Gasteiger partial charge in [-0.05, 0) is 26.3 Å². The van der Waals surface area contributed by atoms with Crippen LogP contribution in [0.1, 0.15) is 32.7 Å². The predicted molar refractivity (Wildman–Crippen MR) is 78.8 cm³/mol. The Morgan fingerprint density at radius 3 is 2.42 bits per heavy atom. The van der Waals surface area contributed by atoms with Gasteiger partial charge in [-0.1, -0.05) is 29.3 Å². The average Bonchev–Trinajstić information content (AvgIpc) is 2.59. The van der Waals surface area contributed by atoms with Crippen LogP contribution >= 0.6 is 11.8 Å². The lowest BCUT2D eigenvalue weighted by Gasteiger charge is -2.06. The lowest BCUT2D eigenvalue weighted by Crippen LogP contribution is -1.94. The van der Waals surface area contributed by atoms with Crippen molar-refractivity contribution in [1.29, 1.82) is 0 Å². The number of nitrogens with zero attached hydrogens (tertiary/aromatic N) is 2. The number of carbonyl (C=O) groups is 1. The number of hydrogen-bond donors (Lipinski definition) is 0. The van der Waals surface area contributed by atoms with Crippen molar-refractivity contribution in [2.75, 3.05) is 0 Å². The summed E-state index contributed by atoms with van der Waals surface area (Å²) in [6.45, 7) is 6.07. The molecule has 0 N–H and O–H groups in total. The molecule has 4 heteroatoms. The molecule has 0 aliphatic carbocycles. The van der Waals surface area contributed by atoms with Gasteiger partial charge in [0.15, 0.2) is 6.29 Å². The molecule has 0 saturated heterocycles. The smallest absolute Gasteiger partial charge is 0.154 e. The molecular weight excluding hydrogens is 256 g/mol. The van der Waals surface area contributed by atoms with E-state index in [1.807, 2.05) is 14.0 Å². The van der Waals surface area contributed by atoms with Gasteiger partial charge in [-0.2, -0.15) is 5.10 Å². The average molecular weight is 274 g/mol. The number of aldehydes is 1. The van der Waals surface area contributed by atoms with E-state index in [9.17, 15) is 4.79 Å². The SMILES string of the molecule is Cc1cc(C)cc(CSc2c(C=O)c(C)nn2C)c1. The molecule has 0 fully saturated rings. The zero-order valence-electron chi connectivity index (χ0n) is 11.7. The third-order valence-corrected chi connectivity index (χ3v) is 4.22. The summed E-state index contributed by atoms with van der Waals surface area (Å²) in [7, 11) is 1.88. The molecule has 3 nitrogen and oxygen atoms in total. The summed E-state index contributed by atoms with van der Waals surface area (Å²) in [5.41, 5.74) is 5.32. The number of thioether (sulfide) groups is 1. The Labute approximate surface area is 118 Å². The second kappa shape index (κ2) is 5.61. The number of carbonyl (C=O) groups excluding carboxylic acids is 1. The van der Waals surface area contributed by atoms with E-state index in [-0.39, 0.29) is 0 Å². The van der Waals surface area contributed by atoms with Crippen LogP contribution in [0.3, 0.4) is 0 Å². The number of aryl methyl sites for hydroxylation is 4. The van der Waals surface area contributed by atoms with Crippen molar-refractivity contribution in [3.8, 4) is 0 Å². The van der Waals surface area contributed by atoms with E-state index in [1.165, 1.54) is 16.7 Å². The molecule has 0 unspecified atom stereocenters. The maximum atomic E-state index is 11.1. The minimum Gasteiger partial charge on any atom is -0.298 e. The molecule has 0 spiro atoms. The Hall–Kier alpha value is -1.55. The quantitative estimate of drug-likeness (QED) is 0.632. The van der Waals surface area contributed by atoms with Crippen LogP contribution in [0.2, 0.25) is 0 Å². The largest absolute Gasteiger partial charge is 0.298 e. The molecule has 2 rings (SSSR count). The van der Waals surface area contributed by atoms with Crippen LogP contribution in [-0.2, 0) is 12.8 Å². The van der Waals surface area contributed by atoms with E-state index in [0.717, 1.165) is 22.8 Å². The van der Waals surface area contributed by atoms with Crippen LogP contribution in [0.25, 0.3) is 0 Å². The van der Waals surface area contributed by atoms with Crippen molar-refractivity contribution < 1.29 is 4.79 Å². The maximum Gasteiger partial charge on any atom is 0.154 e. The minimum absolute atomic E-state index is 0.705. The Bertz CT molecular complexity index is 597. The van der Waals surface area contributed by atoms with Crippen molar-refractivity contribution in [1.82, 2.24) is 9.78 Å². The molecule has 100 valence electrons. The van der Waals surface area contributed by atoms with E-state index in [1.54, 1.807) is 16.4 Å². The van der Waals surface area contributed by atoms with Crippen LogP contribution in [0, 0.1) is 20.8 Å². The van der Waals surface area contributed by atoms with Crippen LogP contribution in [0.5, 0.6) is 0 Å². The minimum atomic E-state index is 0.705. The second-order valence-corrected chi connectivity index (χ2v) is 5.79. The van der Waals surface area contributed by atoms with Gasteiger partial charge in [0.2, 0.25) is 0 Å². The Morgan fingerprint density at radius 1 is 1.21 bits per heavy atom. The van der Waals surface area contributed by atoms with Crippen molar-refractivity contribution in [3.63, 3.8) is 0 Å².